The number of rotatable bonds is 7. The summed E-state index contributed by atoms with van der Waals surface area (Å²) in [6, 6.07) is 13.7. The number of carbonyl (C=O) groups is 2. The first-order valence-electron chi connectivity index (χ1n) is 8.25. The minimum atomic E-state index is -1.02. The predicted octanol–water partition coefficient (Wildman–Crippen LogP) is 3.08. The Labute approximate surface area is 153 Å². The van der Waals surface area contributed by atoms with Crippen molar-refractivity contribution in [2.24, 2.45) is 0 Å². The second-order valence-electron chi connectivity index (χ2n) is 5.73. The van der Waals surface area contributed by atoms with Gasteiger partial charge in [0.05, 0.1) is 19.3 Å². The van der Waals surface area contributed by atoms with Crippen molar-refractivity contribution in [2.75, 3.05) is 27.8 Å². The Morgan fingerprint density at radius 2 is 1.73 bits per heavy atom. The molecule has 0 heterocycles. The molecule has 2 rings (SSSR count). The fourth-order valence-electron chi connectivity index (χ4n) is 2.37. The van der Waals surface area contributed by atoms with Crippen LogP contribution in [0.3, 0.4) is 0 Å². The number of hydrogen-bond donors (Lipinski definition) is 0. The summed E-state index contributed by atoms with van der Waals surface area (Å²) < 4.78 is 16.2. The smallest absolute Gasteiger partial charge is 0.339 e. The Hall–Kier alpha value is -3.02. The van der Waals surface area contributed by atoms with Crippen LogP contribution in [0.15, 0.2) is 48.5 Å². The van der Waals surface area contributed by atoms with Gasteiger partial charge in [-0.1, -0.05) is 30.3 Å². The van der Waals surface area contributed by atoms with Gasteiger partial charge in [0.15, 0.2) is 11.5 Å². The molecule has 0 N–H and O–H groups in total. The zero-order chi connectivity index (χ0) is 19.1. The first kappa shape index (κ1) is 19.3. The summed E-state index contributed by atoms with van der Waals surface area (Å²) >= 11 is 0. The van der Waals surface area contributed by atoms with Crippen molar-refractivity contribution in [3.63, 3.8) is 0 Å². The number of nitrogens with zero attached hydrogens (tertiary/aromatic N) is 1. The summed E-state index contributed by atoms with van der Waals surface area (Å²) in [6.07, 6.45) is -1.02. The minimum Gasteiger partial charge on any atom is -0.493 e. The molecule has 0 fully saturated rings. The molecule has 0 bridgehead atoms. The van der Waals surface area contributed by atoms with Crippen LogP contribution in [0, 0.1) is 0 Å². The number of hydrogen-bond acceptors (Lipinski definition) is 5. The third kappa shape index (κ3) is 4.53. The highest BCUT2D eigenvalue weighted by molar-refractivity contribution is 5.93. The van der Waals surface area contributed by atoms with Crippen LogP contribution in [0.1, 0.15) is 28.9 Å². The van der Waals surface area contributed by atoms with Crippen LogP contribution in [-0.4, -0.2) is 44.6 Å². The van der Waals surface area contributed by atoms with Crippen LogP contribution in [-0.2, 0) is 9.53 Å². The van der Waals surface area contributed by atoms with E-state index in [1.165, 1.54) is 18.1 Å². The number of benzene rings is 2. The Morgan fingerprint density at radius 3 is 2.31 bits per heavy atom. The van der Waals surface area contributed by atoms with Gasteiger partial charge < -0.3 is 19.1 Å². The van der Waals surface area contributed by atoms with Crippen molar-refractivity contribution in [3.05, 3.63) is 59.7 Å². The third-order valence-corrected chi connectivity index (χ3v) is 3.69. The van der Waals surface area contributed by atoms with E-state index >= 15 is 0 Å². The highest BCUT2D eigenvalue weighted by Crippen LogP contribution is 2.29. The van der Waals surface area contributed by atoms with Gasteiger partial charge in [0.1, 0.15) is 0 Å². The highest BCUT2D eigenvalue weighted by Gasteiger charge is 2.27. The third-order valence-electron chi connectivity index (χ3n) is 3.69. The molecular formula is C20H23NO5. The molecule has 0 radical (unpaired) electrons. The first-order chi connectivity index (χ1) is 12.5. The summed E-state index contributed by atoms with van der Waals surface area (Å²) in [5.74, 6) is 0.0323. The van der Waals surface area contributed by atoms with E-state index in [-0.39, 0.29) is 11.5 Å². The molecule has 0 saturated heterocycles. The molecule has 0 aromatic heterocycles. The maximum absolute atomic E-state index is 12.6. The standard InChI is InChI=1S/C20H23NO5/c1-5-25-16-12-11-15(13-17(16)24-4)20(23)26-18(19(22)21(2)3)14-9-7-6-8-10-14/h6-13,18H,5H2,1-4H3. The van der Waals surface area contributed by atoms with Gasteiger partial charge in [-0.2, -0.15) is 0 Å². The maximum Gasteiger partial charge on any atom is 0.339 e. The van der Waals surface area contributed by atoms with Gasteiger partial charge in [-0.05, 0) is 25.1 Å². The summed E-state index contributed by atoms with van der Waals surface area (Å²) in [4.78, 5) is 26.5. The fourth-order valence-corrected chi connectivity index (χ4v) is 2.37. The van der Waals surface area contributed by atoms with E-state index in [1.54, 1.807) is 50.5 Å². The molecule has 0 aliphatic heterocycles. The topological polar surface area (TPSA) is 65.1 Å². The lowest BCUT2D eigenvalue weighted by atomic mass is 10.1. The van der Waals surface area contributed by atoms with Crippen molar-refractivity contribution >= 4 is 11.9 Å². The van der Waals surface area contributed by atoms with Crippen molar-refractivity contribution in [1.29, 1.82) is 0 Å². The molecule has 0 saturated carbocycles. The molecule has 1 atom stereocenters. The Balaban J connectivity index is 2.28. The second-order valence-corrected chi connectivity index (χ2v) is 5.73. The maximum atomic E-state index is 12.6. The number of esters is 1. The van der Waals surface area contributed by atoms with Crippen LogP contribution in [0.25, 0.3) is 0 Å². The van der Waals surface area contributed by atoms with Gasteiger partial charge in [0, 0.05) is 19.7 Å². The van der Waals surface area contributed by atoms with Crippen molar-refractivity contribution in [2.45, 2.75) is 13.0 Å². The van der Waals surface area contributed by atoms with Crippen LogP contribution in [0.5, 0.6) is 11.5 Å². The van der Waals surface area contributed by atoms with E-state index in [0.29, 0.717) is 23.7 Å². The normalized spacial score (nSPS) is 11.4. The van der Waals surface area contributed by atoms with Gasteiger partial charge >= 0.3 is 5.97 Å². The molecule has 138 valence electrons. The number of methoxy groups -OCH3 is 1. The van der Waals surface area contributed by atoms with Crippen molar-refractivity contribution in [3.8, 4) is 11.5 Å². The van der Waals surface area contributed by atoms with Crippen LogP contribution in [0.2, 0.25) is 0 Å². The quantitative estimate of drug-likeness (QED) is 0.713. The van der Waals surface area contributed by atoms with Crippen LogP contribution in [0.4, 0.5) is 0 Å². The van der Waals surface area contributed by atoms with Crippen LogP contribution >= 0.6 is 0 Å². The van der Waals surface area contributed by atoms with E-state index in [2.05, 4.69) is 0 Å². The largest absolute Gasteiger partial charge is 0.493 e. The molecule has 0 aliphatic rings. The molecular weight excluding hydrogens is 334 g/mol. The van der Waals surface area contributed by atoms with Crippen molar-refractivity contribution < 1.29 is 23.8 Å². The SMILES string of the molecule is CCOc1ccc(C(=O)OC(C(=O)N(C)C)c2ccccc2)cc1OC. The molecule has 2 aromatic rings. The molecule has 1 amide bonds. The van der Waals surface area contributed by atoms with E-state index in [9.17, 15) is 9.59 Å². The highest BCUT2D eigenvalue weighted by atomic mass is 16.5. The van der Waals surface area contributed by atoms with Gasteiger partial charge in [-0.15, -0.1) is 0 Å². The number of carbonyl (C=O) groups excluding carboxylic acids is 2. The molecule has 26 heavy (non-hydrogen) atoms. The number of ether oxygens (including phenoxy) is 3. The average Bonchev–Trinajstić information content (AvgIpc) is 2.66. The van der Waals surface area contributed by atoms with E-state index in [4.69, 9.17) is 14.2 Å². The van der Waals surface area contributed by atoms with E-state index in [0.717, 1.165) is 0 Å². The van der Waals surface area contributed by atoms with Gasteiger partial charge in [-0.3, -0.25) is 4.79 Å². The van der Waals surface area contributed by atoms with Crippen LogP contribution < -0.4 is 9.47 Å². The Morgan fingerprint density at radius 1 is 1.04 bits per heavy atom. The zero-order valence-electron chi connectivity index (χ0n) is 15.4. The lowest BCUT2D eigenvalue weighted by Crippen LogP contribution is -2.31. The number of amides is 1. The molecule has 1 unspecified atom stereocenters. The van der Waals surface area contributed by atoms with Crippen molar-refractivity contribution in [1.82, 2.24) is 4.90 Å². The Bertz CT molecular complexity index is 758. The molecule has 0 aliphatic carbocycles. The Kier molecular flexibility index (Phi) is 6.60. The average molecular weight is 357 g/mol. The first-order valence-corrected chi connectivity index (χ1v) is 8.25. The molecule has 6 nitrogen and oxygen atoms in total. The molecule has 6 heteroatoms. The zero-order valence-corrected chi connectivity index (χ0v) is 15.4. The van der Waals surface area contributed by atoms with Gasteiger partial charge in [0.2, 0.25) is 6.10 Å². The summed E-state index contributed by atoms with van der Waals surface area (Å²) in [7, 11) is 4.73. The number of likely N-dealkylation sites (N-methyl/N-ethyl adjacent to an activating group) is 1. The summed E-state index contributed by atoms with van der Waals surface area (Å²) in [5, 5.41) is 0. The monoisotopic (exact) mass is 357 g/mol. The second kappa shape index (κ2) is 8.89. The van der Waals surface area contributed by atoms with Gasteiger partial charge in [-0.25, -0.2) is 4.79 Å². The summed E-state index contributed by atoms with van der Waals surface area (Å²) in [5.41, 5.74) is 0.884. The van der Waals surface area contributed by atoms with E-state index in [1.807, 2.05) is 13.0 Å². The predicted molar refractivity (Wildman–Crippen MR) is 97.5 cm³/mol. The van der Waals surface area contributed by atoms with Gasteiger partial charge in [0.25, 0.3) is 5.91 Å². The lowest BCUT2D eigenvalue weighted by molar-refractivity contribution is -0.138. The summed E-state index contributed by atoms with van der Waals surface area (Å²) in [6.45, 7) is 2.34. The van der Waals surface area contributed by atoms with E-state index < -0.39 is 12.1 Å². The molecule has 2 aromatic carbocycles. The molecule has 0 spiro atoms. The lowest BCUT2D eigenvalue weighted by Gasteiger charge is -2.21. The minimum absolute atomic E-state index is 0.276. The fraction of sp³-hybridized carbons (Fsp3) is 0.300.